The van der Waals surface area contributed by atoms with Gasteiger partial charge >= 0.3 is 0 Å². The maximum Gasteiger partial charge on any atom is 0.264 e. The van der Waals surface area contributed by atoms with Crippen LogP contribution in [0.15, 0.2) is 11.4 Å². The van der Waals surface area contributed by atoms with Crippen LogP contribution >= 0.6 is 11.6 Å². The highest BCUT2D eigenvalue weighted by Crippen LogP contribution is 2.31. The Morgan fingerprint density at radius 2 is 2.28 bits per heavy atom. The smallest absolute Gasteiger partial charge is 0.264 e. The summed E-state index contributed by atoms with van der Waals surface area (Å²) in [5.41, 5.74) is 0. The second-order valence-corrected chi connectivity index (χ2v) is 6.54. The number of aliphatic hydroxyl groups is 1. The van der Waals surface area contributed by atoms with E-state index in [4.69, 9.17) is 16.7 Å². The van der Waals surface area contributed by atoms with Crippen LogP contribution in [0.5, 0.6) is 0 Å². The van der Waals surface area contributed by atoms with Crippen LogP contribution in [0.2, 0.25) is 5.15 Å². The molecule has 6 nitrogen and oxygen atoms in total. The van der Waals surface area contributed by atoms with Crippen molar-refractivity contribution in [2.75, 3.05) is 13.2 Å². The van der Waals surface area contributed by atoms with Crippen LogP contribution < -0.4 is 0 Å². The molecule has 0 aliphatic heterocycles. The Morgan fingerprint density at radius 3 is 2.67 bits per heavy atom. The van der Waals surface area contributed by atoms with Crippen LogP contribution in [0, 0.1) is 0 Å². The van der Waals surface area contributed by atoms with Gasteiger partial charge in [0.1, 0.15) is 5.15 Å². The van der Waals surface area contributed by atoms with Gasteiger partial charge in [0.25, 0.3) is 10.0 Å². The molecule has 1 aliphatic carbocycles. The molecular formula is C10H16ClN3O3S. The minimum Gasteiger partial charge on any atom is -0.395 e. The predicted molar refractivity (Wildman–Crippen MR) is 66.8 cm³/mol. The number of nitrogens with zero attached hydrogens (tertiary/aromatic N) is 3. The van der Waals surface area contributed by atoms with Gasteiger partial charge in [-0.2, -0.15) is 4.31 Å². The fourth-order valence-electron chi connectivity index (χ4n) is 1.95. The third-order valence-electron chi connectivity index (χ3n) is 3.19. The fraction of sp³-hybridized carbons (Fsp3) is 0.700. The van der Waals surface area contributed by atoms with E-state index in [0.29, 0.717) is 0 Å². The van der Waals surface area contributed by atoms with Gasteiger partial charge in [-0.25, -0.2) is 13.4 Å². The first kappa shape index (κ1) is 13.8. The summed E-state index contributed by atoms with van der Waals surface area (Å²) in [6.45, 7) is -0.125. The number of aryl methyl sites for hydroxylation is 1. The lowest BCUT2D eigenvalue weighted by atomic mass is 9.93. The van der Waals surface area contributed by atoms with E-state index in [-0.39, 0.29) is 29.4 Å². The number of aliphatic hydroxyl groups excluding tert-OH is 1. The number of imidazole rings is 1. The SMILES string of the molecule is Cn1cnc(S(=O)(=O)N(CCO)C2CCC2)c1Cl. The van der Waals surface area contributed by atoms with Crippen molar-refractivity contribution < 1.29 is 13.5 Å². The fourth-order valence-corrected chi connectivity index (χ4v) is 4.02. The molecule has 0 radical (unpaired) electrons. The molecule has 102 valence electrons. The average molecular weight is 294 g/mol. The summed E-state index contributed by atoms with van der Waals surface area (Å²) in [6, 6.07) is -0.0415. The third kappa shape index (κ3) is 2.27. The van der Waals surface area contributed by atoms with Crippen molar-refractivity contribution in [2.24, 2.45) is 7.05 Å². The van der Waals surface area contributed by atoms with Crippen molar-refractivity contribution >= 4 is 21.6 Å². The molecule has 1 aliphatic rings. The number of halogens is 1. The summed E-state index contributed by atoms with van der Waals surface area (Å²) < 4.78 is 27.7. The third-order valence-corrected chi connectivity index (χ3v) is 5.63. The summed E-state index contributed by atoms with van der Waals surface area (Å²) >= 11 is 5.94. The van der Waals surface area contributed by atoms with Gasteiger partial charge in [-0.3, -0.25) is 0 Å². The lowest BCUT2D eigenvalue weighted by Crippen LogP contribution is -2.45. The van der Waals surface area contributed by atoms with Crippen molar-refractivity contribution in [3.63, 3.8) is 0 Å². The predicted octanol–water partition coefficient (Wildman–Crippen LogP) is 0.609. The Balaban J connectivity index is 2.35. The monoisotopic (exact) mass is 293 g/mol. The molecule has 2 rings (SSSR count). The average Bonchev–Trinajstić information content (AvgIpc) is 2.57. The Labute approximate surface area is 111 Å². The van der Waals surface area contributed by atoms with E-state index < -0.39 is 10.0 Å². The molecule has 18 heavy (non-hydrogen) atoms. The van der Waals surface area contributed by atoms with Gasteiger partial charge in [0.2, 0.25) is 5.03 Å². The maximum atomic E-state index is 12.4. The summed E-state index contributed by atoms with van der Waals surface area (Å²) in [5, 5.41) is 8.99. The van der Waals surface area contributed by atoms with Gasteiger partial charge in [0, 0.05) is 19.6 Å². The number of hydrogen-bond acceptors (Lipinski definition) is 4. The lowest BCUT2D eigenvalue weighted by molar-refractivity contribution is 0.178. The maximum absolute atomic E-state index is 12.4. The largest absolute Gasteiger partial charge is 0.395 e. The molecule has 0 amide bonds. The Kier molecular flexibility index (Phi) is 3.96. The van der Waals surface area contributed by atoms with E-state index >= 15 is 0 Å². The minimum atomic E-state index is -3.72. The van der Waals surface area contributed by atoms with Crippen molar-refractivity contribution in [3.8, 4) is 0 Å². The van der Waals surface area contributed by atoms with Gasteiger partial charge in [-0.15, -0.1) is 0 Å². The highest BCUT2D eigenvalue weighted by molar-refractivity contribution is 7.89. The molecule has 1 aromatic heterocycles. The summed E-state index contributed by atoms with van der Waals surface area (Å²) in [7, 11) is -2.09. The molecule has 1 heterocycles. The molecule has 0 atom stereocenters. The van der Waals surface area contributed by atoms with Crippen LogP contribution in [0.1, 0.15) is 19.3 Å². The molecule has 1 N–H and O–H groups in total. The molecule has 0 bridgehead atoms. The minimum absolute atomic E-state index is 0.0415. The second kappa shape index (κ2) is 5.16. The zero-order valence-corrected chi connectivity index (χ0v) is 11.7. The molecule has 0 saturated heterocycles. The van der Waals surface area contributed by atoms with Crippen molar-refractivity contribution in [2.45, 2.75) is 30.3 Å². The Hall–Kier alpha value is -0.630. The molecule has 0 aromatic carbocycles. The molecule has 1 fully saturated rings. The molecular weight excluding hydrogens is 278 g/mol. The van der Waals surface area contributed by atoms with E-state index in [2.05, 4.69) is 4.98 Å². The molecule has 1 saturated carbocycles. The summed E-state index contributed by atoms with van der Waals surface area (Å²) in [4.78, 5) is 3.85. The van der Waals surface area contributed by atoms with Crippen LogP contribution in [-0.2, 0) is 17.1 Å². The molecule has 0 spiro atoms. The van der Waals surface area contributed by atoms with E-state index in [1.807, 2.05) is 0 Å². The number of hydrogen-bond donors (Lipinski definition) is 1. The zero-order valence-electron chi connectivity index (χ0n) is 10.1. The van der Waals surface area contributed by atoms with Crippen LogP contribution in [0.25, 0.3) is 0 Å². The molecule has 0 unspecified atom stereocenters. The molecule has 1 aromatic rings. The highest BCUT2D eigenvalue weighted by Gasteiger charge is 2.37. The zero-order chi connectivity index (χ0) is 13.3. The first-order valence-electron chi connectivity index (χ1n) is 5.78. The van der Waals surface area contributed by atoms with Gasteiger partial charge in [0.15, 0.2) is 0 Å². The Bertz CT molecular complexity index is 524. The number of aromatic nitrogens is 2. The topological polar surface area (TPSA) is 75.4 Å². The standard InChI is InChI=1S/C10H16ClN3O3S/c1-13-7-12-10(9(13)11)18(16,17)14(5-6-15)8-3-2-4-8/h7-8,15H,2-6H2,1H3. The van der Waals surface area contributed by atoms with Crippen LogP contribution in [0.3, 0.4) is 0 Å². The van der Waals surface area contributed by atoms with Crippen molar-refractivity contribution in [3.05, 3.63) is 11.5 Å². The van der Waals surface area contributed by atoms with Gasteiger partial charge in [-0.1, -0.05) is 18.0 Å². The first-order chi connectivity index (χ1) is 8.48. The van der Waals surface area contributed by atoms with Gasteiger partial charge < -0.3 is 9.67 Å². The van der Waals surface area contributed by atoms with Crippen LogP contribution in [-0.4, -0.2) is 46.6 Å². The summed E-state index contributed by atoms with van der Waals surface area (Å²) in [5.74, 6) is 0. The Morgan fingerprint density at radius 1 is 1.61 bits per heavy atom. The molecule has 8 heteroatoms. The van der Waals surface area contributed by atoms with E-state index in [0.717, 1.165) is 19.3 Å². The second-order valence-electron chi connectivity index (χ2n) is 4.38. The first-order valence-corrected chi connectivity index (χ1v) is 7.60. The van der Waals surface area contributed by atoms with Gasteiger partial charge in [-0.05, 0) is 12.8 Å². The van der Waals surface area contributed by atoms with E-state index in [1.165, 1.54) is 15.2 Å². The van der Waals surface area contributed by atoms with E-state index in [1.54, 1.807) is 7.05 Å². The quantitative estimate of drug-likeness (QED) is 0.863. The van der Waals surface area contributed by atoms with Crippen molar-refractivity contribution in [1.29, 1.82) is 0 Å². The lowest BCUT2D eigenvalue weighted by Gasteiger charge is -2.35. The van der Waals surface area contributed by atoms with E-state index in [9.17, 15) is 8.42 Å². The summed E-state index contributed by atoms with van der Waals surface area (Å²) in [6.07, 6.45) is 4.03. The number of sulfonamides is 1. The van der Waals surface area contributed by atoms with Crippen molar-refractivity contribution in [1.82, 2.24) is 13.9 Å². The number of rotatable bonds is 5. The normalized spacial score (nSPS) is 17.1. The van der Waals surface area contributed by atoms with Gasteiger partial charge in [0.05, 0.1) is 12.9 Å². The van der Waals surface area contributed by atoms with Crippen LogP contribution in [0.4, 0.5) is 0 Å². The highest BCUT2D eigenvalue weighted by atomic mass is 35.5.